The molecule has 0 unspecified atom stereocenters. The lowest BCUT2D eigenvalue weighted by Gasteiger charge is -2.28. The summed E-state index contributed by atoms with van der Waals surface area (Å²) in [5.41, 5.74) is 0.924. The molecule has 1 aliphatic rings. The normalized spacial score (nSPS) is 15.4. The number of nitrogens with zero attached hydrogens (tertiary/aromatic N) is 3. The first-order chi connectivity index (χ1) is 11.1. The molecule has 1 fully saturated rings. The van der Waals surface area contributed by atoms with Gasteiger partial charge in [0.25, 0.3) is 0 Å². The first-order valence-electron chi connectivity index (χ1n) is 7.94. The van der Waals surface area contributed by atoms with Crippen molar-refractivity contribution in [2.45, 2.75) is 20.8 Å². The van der Waals surface area contributed by atoms with Gasteiger partial charge in [-0.05, 0) is 18.4 Å². The van der Waals surface area contributed by atoms with E-state index >= 15 is 0 Å². The molecule has 0 saturated carbocycles. The number of aryl methyl sites for hydroxylation is 1. The number of piperazine rings is 1. The number of anilines is 1. The summed E-state index contributed by atoms with van der Waals surface area (Å²) >= 11 is 1.39. The van der Waals surface area contributed by atoms with Gasteiger partial charge in [-0.2, -0.15) is 0 Å². The largest absolute Gasteiger partial charge is 0.461 e. The summed E-state index contributed by atoms with van der Waals surface area (Å²) in [6, 6.07) is 0. The second-order valence-corrected chi connectivity index (χ2v) is 7.16. The number of nitrogens with one attached hydrogen (secondary N) is 1. The Hall–Kier alpha value is -1.73. The molecule has 3 heterocycles. The predicted octanol–water partition coefficient (Wildman–Crippen LogP) is 2.22. The van der Waals surface area contributed by atoms with E-state index in [0.717, 1.165) is 47.8 Å². The Morgan fingerprint density at radius 1 is 1.39 bits per heavy atom. The van der Waals surface area contributed by atoms with Crippen LogP contribution in [-0.2, 0) is 4.74 Å². The third-order valence-corrected chi connectivity index (χ3v) is 5.04. The van der Waals surface area contributed by atoms with Crippen LogP contribution in [0.2, 0.25) is 0 Å². The molecule has 0 aliphatic carbocycles. The van der Waals surface area contributed by atoms with E-state index in [2.05, 4.69) is 20.2 Å². The van der Waals surface area contributed by atoms with E-state index in [1.54, 1.807) is 6.33 Å². The molecular formula is C16H22N4O2S. The van der Waals surface area contributed by atoms with Gasteiger partial charge in [0.05, 0.1) is 12.0 Å². The van der Waals surface area contributed by atoms with Gasteiger partial charge >= 0.3 is 5.97 Å². The van der Waals surface area contributed by atoms with Crippen molar-refractivity contribution in [1.82, 2.24) is 15.3 Å². The molecule has 7 heteroatoms. The van der Waals surface area contributed by atoms with Crippen LogP contribution in [0.5, 0.6) is 0 Å². The van der Waals surface area contributed by atoms with Crippen LogP contribution in [0.4, 0.5) is 5.82 Å². The third-order valence-electron chi connectivity index (χ3n) is 3.86. The van der Waals surface area contributed by atoms with Crippen molar-refractivity contribution in [3.05, 3.63) is 16.8 Å². The van der Waals surface area contributed by atoms with Gasteiger partial charge in [0.15, 0.2) is 0 Å². The highest BCUT2D eigenvalue weighted by Crippen LogP contribution is 2.35. The Bertz CT molecular complexity index is 707. The van der Waals surface area contributed by atoms with Crippen LogP contribution >= 0.6 is 11.3 Å². The SMILES string of the molecule is Cc1c(C(=O)OCC(C)C)sc2ncnc(N3CCNCC3)c12. The summed E-state index contributed by atoms with van der Waals surface area (Å²) in [4.78, 5) is 24.9. The topological polar surface area (TPSA) is 67.3 Å². The van der Waals surface area contributed by atoms with Gasteiger partial charge in [0.1, 0.15) is 21.9 Å². The highest BCUT2D eigenvalue weighted by atomic mass is 32.1. The summed E-state index contributed by atoms with van der Waals surface area (Å²) in [5, 5.41) is 4.32. The van der Waals surface area contributed by atoms with E-state index in [-0.39, 0.29) is 5.97 Å². The Kier molecular flexibility index (Phi) is 4.77. The highest BCUT2D eigenvalue weighted by molar-refractivity contribution is 7.20. The third kappa shape index (κ3) is 3.30. The minimum atomic E-state index is -0.259. The molecule has 0 radical (unpaired) electrons. The lowest BCUT2D eigenvalue weighted by molar-refractivity contribution is 0.0464. The van der Waals surface area contributed by atoms with E-state index < -0.39 is 0 Å². The van der Waals surface area contributed by atoms with Crippen molar-refractivity contribution >= 4 is 33.3 Å². The van der Waals surface area contributed by atoms with Crippen molar-refractivity contribution in [2.24, 2.45) is 5.92 Å². The summed E-state index contributed by atoms with van der Waals surface area (Å²) < 4.78 is 5.38. The van der Waals surface area contributed by atoms with Crippen LogP contribution in [0, 0.1) is 12.8 Å². The van der Waals surface area contributed by atoms with Gasteiger partial charge < -0.3 is 15.0 Å². The Labute approximate surface area is 139 Å². The Morgan fingerprint density at radius 2 is 2.13 bits per heavy atom. The second-order valence-electron chi connectivity index (χ2n) is 6.16. The van der Waals surface area contributed by atoms with Crippen LogP contribution in [-0.4, -0.2) is 48.7 Å². The fraction of sp³-hybridized carbons (Fsp3) is 0.562. The van der Waals surface area contributed by atoms with Crippen molar-refractivity contribution in [1.29, 1.82) is 0 Å². The number of carbonyl (C=O) groups is 1. The zero-order valence-corrected chi connectivity index (χ0v) is 14.6. The molecular weight excluding hydrogens is 312 g/mol. The van der Waals surface area contributed by atoms with Gasteiger partial charge in [0.2, 0.25) is 0 Å². The van der Waals surface area contributed by atoms with E-state index in [4.69, 9.17) is 4.74 Å². The zero-order valence-electron chi connectivity index (χ0n) is 13.8. The number of fused-ring (bicyclic) bond motifs is 1. The smallest absolute Gasteiger partial charge is 0.348 e. The molecule has 0 spiro atoms. The number of carbonyl (C=O) groups excluding carboxylic acids is 1. The molecule has 3 rings (SSSR count). The predicted molar refractivity (Wildman–Crippen MR) is 92.4 cm³/mol. The first kappa shape index (κ1) is 16.1. The van der Waals surface area contributed by atoms with Crippen LogP contribution in [0.15, 0.2) is 6.33 Å². The number of thiophene rings is 1. The molecule has 2 aromatic heterocycles. The number of hydrogen-bond acceptors (Lipinski definition) is 7. The molecule has 0 aromatic carbocycles. The molecule has 6 nitrogen and oxygen atoms in total. The Balaban J connectivity index is 1.96. The average molecular weight is 334 g/mol. The number of rotatable bonds is 4. The average Bonchev–Trinajstić information content (AvgIpc) is 2.90. The maximum Gasteiger partial charge on any atom is 0.348 e. The fourth-order valence-corrected chi connectivity index (χ4v) is 3.71. The standard InChI is InChI=1S/C16H22N4O2S/c1-10(2)8-22-16(21)13-11(3)12-14(18-9-19-15(12)23-13)20-6-4-17-5-7-20/h9-10,17H,4-8H2,1-3H3. The van der Waals surface area contributed by atoms with E-state index in [1.165, 1.54) is 11.3 Å². The number of hydrogen-bond donors (Lipinski definition) is 1. The molecule has 1 saturated heterocycles. The molecule has 0 atom stereocenters. The molecule has 0 bridgehead atoms. The zero-order chi connectivity index (χ0) is 16.4. The number of aromatic nitrogens is 2. The summed E-state index contributed by atoms with van der Waals surface area (Å²) in [7, 11) is 0. The first-order valence-corrected chi connectivity index (χ1v) is 8.76. The van der Waals surface area contributed by atoms with Gasteiger partial charge in [-0.3, -0.25) is 0 Å². The molecule has 23 heavy (non-hydrogen) atoms. The molecule has 1 N–H and O–H groups in total. The van der Waals surface area contributed by atoms with Gasteiger partial charge in [-0.25, -0.2) is 14.8 Å². The fourth-order valence-electron chi connectivity index (χ4n) is 2.67. The van der Waals surface area contributed by atoms with Gasteiger partial charge in [-0.15, -0.1) is 11.3 Å². The minimum Gasteiger partial charge on any atom is -0.461 e. The molecule has 0 amide bonds. The lowest BCUT2D eigenvalue weighted by Crippen LogP contribution is -2.44. The van der Waals surface area contributed by atoms with Crippen LogP contribution in [0.3, 0.4) is 0 Å². The van der Waals surface area contributed by atoms with Crippen molar-refractivity contribution in [3.8, 4) is 0 Å². The Morgan fingerprint density at radius 3 is 2.83 bits per heavy atom. The number of ether oxygens (including phenoxy) is 1. The monoisotopic (exact) mass is 334 g/mol. The van der Waals surface area contributed by atoms with Crippen molar-refractivity contribution in [3.63, 3.8) is 0 Å². The van der Waals surface area contributed by atoms with Crippen LogP contribution < -0.4 is 10.2 Å². The van der Waals surface area contributed by atoms with Gasteiger partial charge in [0, 0.05) is 26.2 Å². The molecule has 1 aliphatic heterocycles. The quantitative estimate of drug-likeness (QED) is 0.865. The summed E-state index contributed by atoms with van der Waals surface area (Å²) in [6.45, 7) is 10.2. The summed E-state index contributed by atoms with van der Waals surface area (Å²) in [5.74, 6) is 0.989. The van der Waals surface area contributed by atoms with Crippen LogP contribution in [0.1, 0.15) is 29.1 Å². The summed E-state index contributed by atoms with van der Waals surface area (Å²) in [6.07, 6.45) is 1.58. The van der Waals surface area contributed by atoms with E-state index in [9.17, 15) is 4.79 Å². The van der Waals surface area contributed by atoms with E-state index in [0.29, 0.717) is 17.4 Å². The van der Waals surface area contributed by atoms with Crippen molar-refractivity contribution < 1.29 is 9.53 Å². The molecule has 124 valence electrons. The van der Waals surface area contributed by atoms with Crippen molar-refractivity contribution in [2.75, 3.05) is 37.7 Å². The van der Waals surface area contributed by atoms with Gasteiger partial charge in [-0.1, -0.05) is 13.8 Å². The number of esters is 1. The highest BCUT2D eigenvalue weighted by Gasteiger charge is 2.23. The maximum atomic E-state index is 12.3. The maximum absolute atomic E-state index is 12.3. The second kappa shape index (κ2) is 6.80. The minimum absolute atomic E-state index is 0.259. The molecule has 2 aromatic rings. The van der Waals surface area contributed by atoms with Crippen LogP contribution in [0.25, 0.3) is 10.2 Å². The lowest BCUT2D eigenvalue weighted by atomic mass is 10.2. The van der Waals surface area contributed by atoms with E-state index in [1.807, 2.05) is 20.8 Å².